The van der Waals surface area contributed by atoms with E-state index in [9.17, 15) is 4.79 Å². The van der Waals surface area contributed by atoms with Crippen LogP contribution in [-0.4, -0.2) is 39.7 Å². The topological polar surface area (TPSA) is 61.4 Å². The molecule has 0 radical (unpaired) electrons. The summed E-state index contributed by atoms with van der Waals surface area (Å²) in [5.41, 5.74) is 0.461. The van der Waals surface area contributed by atoms with E-state index in [1.807, 2.05) is 18.2 Å². The van der Waals surface area contributed by atoms with Crippen molar-refractivity contribution in [3.63, 3.8) is 0 Å². The maximum absolute atomic E-state index is 12.6. The summed E-state index contributed by atoms with van der Waals surface area (Å²) in [4.78, 5) is 14.8. The quantitative estimate of drug-likeness (QED) is 0.408. The van der Waals surface area contributed by atoms with Gasteiger partial charge in [0.05, 0.1) is 21.9 Å². The molecule has 0 atom stereocenters. The first-order valence-corrected chi connectivity index (χ1v) is 11.3. The second kappa shape index (κ2) is 9.18. The minimum absolute atomic E-state index is 0.0142. The molecule has 4 rings (SSSR count). The molecule has 0 spiro atoms. The van der Waals surface area contributed by atoms with Gasteiger partial charge in [0.2, 0.25) is 0 Å². The number of urea groups is 1. The number of fused-ring (bicyclic) bond motifs is 1. The zero-order valence-electron chi connectivity index (χ0n) is 15.7. The van der Waals surface area contributed by atoms with Crippen molar-refractivity contribution in [1.82, 2.24) is 14.5 Å². The molecule has 30 heavy (non-hydrogen) atoms. The van der Waals surface area contributed by atoms with Gasteiger partial charge in [0.15, 0.2) is 5.82 Å². The van der Waals surface area contributed by atoms with Crippen molar-refractivity contribution in [2.45, 2.75) is 18.9 Å². The first kappa shape index (κ1) is 21.5. The van der Waals surface area contributed by atoms with Gasteiger partial charge in [-0.15, -0.1) is 5.10 Å². The molecule has 1 aromatic heterocycles. The summed E-state index contributed by atoms with van der Waals surface area (Å²) in [5.74, 6) is 0.860. The maximum Gasteiger partial charge on any atom is 0.331 e. The number of nitrogens with zero attached hydrogens (tertiary/aromatic N) is 4. The highest BCUT2D eigenvalue weighted by atomic mass is 79.9. The zero-order chi connectivity index (χ0) is 21.3. The van der Waals surface area contributed by atoms with Crippen molar-refractivity contribution >= 4 is 80.3 Å². The fourth-order valence-corrected chi connectivity index (χ4v) is 4.55. The molecule has 156 valence electrons. The van der Waals surface area contributed by atoms with Crippen LogP contribution in [0.2, 0.25) is 10.0 Å². The minimum atomic E-state index is -0.337. The molecule has 1 aliphatic heterocycles. The standard InChI is InChI=1S/C20H18BrCl2N5OS/c21-13-4-5-15-12(10-13)11-24-26-19(15)27-8-6-14(7-9-27)28(30)20(29)25-17-3-1-2-16(22)18(17)23/h1-5,10-11,14,30H,6-9H2,(H,25,29). The number of aromatic nitrogens is 2. The van der Waals surface area contributed by atoms with Gasteiger partial charge in [0.25, 0.3) is 0 Å². The molecular formula is C20H18BrCl2N5OS. The number of thiol groups is 1. The molecule has 1 saturated heterocycles. The van der Waals surface area contributed by atoms with Gasteiger partial charge in [0, 0.05) is 34.4 Å². The van der Waals surface area contributed by atoms with Crippen LogP contribution in [0.1, 0.15) is 12.8 Å². The molecule has 1 N–H and O–H groups in total. The van der Waals surface area contributed by atoms with E-state index in [-0.39, 0.29) is 12.1 Å². The summed E-state index contributed by atoms with van der Waals surface area (Å²) in [6.45, 7) is 1.49. The van der Waals surface area contributed by atoms with Crippen molar-refractivity contribution in [2.24, 2.45) is 0 Å². The number of halogens is 3. The number of amides is 2. The molecule has 0 bridgehead atoms. The number of nitrogens with one attached hydrogen (secondary N) is 1. The van der Waals surface area contributed by atoms with Gasteiger partial charge < -0.3 is 10.2 Å². The van der Waals surface area contributed by atoms with Gasteiger partial charge in [-0.05, 0) is 43.2 Å². The number of rotatable bonds is 3. The van der Waals surface area contributed by atoms with Crippen LogP contribution in [0.4, 0.5) is 16.3 Å². The van der Waals surface area contributed by atoms with E-state index in [0.29, 0.717) is 15.7 Å². The van der Waals surface area contributed by atoms with Gasteiger partial charge in [-0.3, -0.25) is 4.31 Å². The van der Waals surface area contributed by atoms with Gasteiger partial charge in [-0.2, -0.15) is 5.10 Å². The lowest BCUT2D eigenvalue weighted by Crippen LogP contribution is -2.45. The van der Waals surface area contributed by atoms with Gasteiger partial charge >= 0.3 is 6.03 Å². The lowest BCUT2D eigenvalue weighted by atomic mass is 10.0. The smallest absolute Gasteiger partial charge is 0.331 e. The predicted octanol–water partition coefficient (Wildman–Crippen LogP) is 6.05. The monoisotopic (exact) mass is 525 g/mol. The van der Waals surface area contributed by atoms with E-state index in [1.165, 1.54) is 4.31 Å². The van der Waals surface area contributed by atoms with E-state index < -0.39 is 0 Å². The Morgan fingerprint density at radius 1 is 1.23 bits per heavy atom. The fourth-order valence-electron chi connectivity index (χ4n) is 3.54. The summed E-state index contributed by atoms with van der Waals surface area (Å²) in [6, 6.07) is 10.8. The van der Waals surface area contributed by atoms with E-state index >= 15 is 0 Å². The Morgan fingerprint density at radius 3 is 2.77 bits per heavy atom. The van der Waals surface area contributed by atoms with Crippen LogP contribution in [0.3, 0.4) is 0 Å². The maximum atomic E-state index is 12.6. The Balaban J connectivity index is 1.42. The summed E-state index contributed by atoms with van der Waals surface area (Å²) in [6.07, 6.45) is 3.28. The number of anilines is 2. The van der Waals surface area contributed by atoms with Gasteiger partial charge in [-0.1, -0.05) is 58.0 Å². The molecule has 2 heterocycles. The number of carbonyl (C=O) groups excluding carboxylic acids is 1. The van der Waals surface area contributed by atoms with Crippen LogP contribution in [-0.2, 0) is 0 Å². The number of carbonyl (C=O) groups is 1. The largest absolute Gasteiger partial charge is 0.354 e. The molecule has 10 heteroatoms. The molecule has 0 saturated carbocycles. The predicted molar refractivity (Wildman–Crippen MR) is 129 cm³/mol. The lowest BCUT2D eigenvalue weighted by Gasteiger charge is -2.36. The normalized spacial score (nSPS) is 14.7. The average Bonchev–Trinajstić information content (AvgIpc) is 2.76. The van der Waals surface area contributed by atoms with Crippen LogP contribution < -0.4 is 10.2 Å². The second-order valence-corrected chi connectivity index (χ2v) is 9.13. The van der Waals surface area contributed by atoms with E-state index in [0.717, 1.165) is 47.0 Å². The Bertz CT molecular complexity index is 1090. The molecule has 1 aliphatic rings. The third-order valence-corrected chi connectivity index (χ3v) is 6.94. The Kier molecular flexibility index (Phi) is 6.57. The van der Waals surface area contributed by atoms with Crippen LogP contribution in [0.15, 0.2) is 47.1 Å². The van der Waals surface area contributed by atoms with Crippen molar-refractivity contribution < 1.29 is 4.79 Å². The minimum Gasteiger partial charge on any atom is -0.354 e. The first-order valence-electron chi connectivity index (χ1n) is 9.33. The van der Waals surface area contributed by atoms with Crippen molar-refractivity contribution in [1.29, 1.82) is 0 Å². The van der Waals surface area contributed by atoms with Crippen LogP contribution in [0.5, 0.6) is 0 Å². The van der Waals surface area contributed by atoms with Crippen LogP contribution in [0.25, 0.3) is 10.8 Å². The third-order valence-electron chi connectivity index (χ3n) is 5.11. The lowest BCUT2D eigenvalue weighted by molar-refractivity contribution is 0.223. The highest BCUT2D eigenvalue weighted by Gasteiger charge is 2.28. The third kappa shape index (κ3) is 4.46. The number of piperidine rings is 1. The Hall–Kier alpha value is -1.74. The summed E-state index contributed by atoms with van der Waals surface area (Å²) in [7, 11) is 0. The van der Waals surface area contributed by atoms with E-state index in [1.54, 1.807) is 24.4 Å². The molecule has 0 aliphatic carbocycles. The number of hydrogen-bond acceptors (Lipinski definition) is 5. The highest BCUT2D eigenvalue weighted by Crippen LogP contribution is 2.31. The van der Waals surface area contributed by atoms with Gasteiger partial charge in [-0.25, -0.2) is 4.79 Å². The molecule has 2 aromatic carbocycles. The Morgan fingerprint density at radius 2 is 2.00 bits per heavy atom. The zero-order valence-corrected chi connectivity index (χ0v) is 19.7. The fraction of sp³-hybridized carbons (Fsp3) is 0.250. The molecule has 6 nitrogen and oxygen atoms in total. The molecule has 3 aromatic rings. The van der Waals surface area contributed by atoms with Gasteiger partial charge in [0.1, 0.15) is 0 Å². The van der Waals surface area contributed by atoms with E-state index in [4.69, 9.17) is 23.2 Å². The van der Waals surface area contributed by atoms with E-state index in [2.05, 4.69) is 49.2 Å². The molecule has 2 amide bonds. The Labute approximate surface area is 198 Å². The summed E-state index contributed by atoms with van der Waals surface area (Å²) in [5, 5.41) is 14.1. The first-order chi connectivity index (χ1) is 14.4. The summed E-state index contributed by atoms with van der Waals surface area (Å²) < 4.78 is 2.43. The summed E-state index contributed by atoms with van der Waals surface area (Å²) >= 11 is 20.1. The second-order valence-electron chi connectivity index (χ2n) is 6.99. The SMILES string of the molecule is O=C(Nc1cccc(Cl)c1Cl)N(S)C1CCN(c2nncc3cc(Br)ccc23)CC1. The number of benzene rings is 2. The van der Waals surface area contributed by atoms with Crippen molar-refractivity contribution in [3.05, 3.63) is 57.1 Å². The van der Waals surface area contributed by atoms with Crippen LogP contribution >= 0.6 is 51.9 Å². The van der Waals surface area contributed by atoms with Crippen LogP contribution in [0, 0.1) is 0 Å². The molecule has 1 fully saturated rings. The highest BCUT2D eigenvalue weighted by molar-refractivity contribution is 9.10. The molecular weight excluding hydrogens is 509 g/mol. The average molecular weight is 527 g/mol. The van der Waals surface area contributed by atoms with Crippen molar-refractivity contribution in [2.75, 3.05) is 23.3 Å². The molecule has 0 unspecified atom stereocenters. The van der Waals surface area contributed by atoms with Crippen molar-refractivity contribution in [3.8, 4) is 0 Å². The number of hydrogen-bond donors (Lipinski definition) is 2.